The number of amides is 1. The van der Waals surface area contributed by atoms with E-state index < -0.39 is 10.0 Å². The van der Waals surface area contributed by atoms with E-state index in [-0.39, 0.29) is 33.3 Å². The number of hydrogen-bond donors (Lipinski definition) is 2. The molecule has 0 heterocycles. The molecule has 1 fully saturated rings. The van der Waals surface area contributed by atoms with Gasteiger partial charge in [0.1, 0.15) is 16.5 Å². The van der Waals surface area contributed by atoms with Gasteiger partial charge < -0.3 is 10.1 Å². The van der Waals surface area contributed by atoms with E-state index >= 15 is 0 Å². The maximum absolute atomic E-state index is 13.4. The molecule has 0 bridgehead atoms. The monoisotopic (exact) mass is 434 g/mol. The van der Waals surface area contributed by atoms with Crippen LogP contribution in [0.5, 0.6) is 5.75 Å². The second-order valence-corrected chi connectivity index (χ2v) is 9.46. The van der Waals surface area contributed by atoms with Gasteiger partial charge in [-0.3, -0.25) is 4.79 Å². The lowest BCUT2D eigenvalue weighted by molar-refractivity contribution is 0.0936. The van der Waals surface area contributed by atoms with Crippen molar-refractivity contribution >= 4 is 15.9 Å². The molecule has 3 rings (SSSR count). The number of benzene rings is 2. The minimum atomic E-state index is -3.78. The van der Waals surface area contributed by atoms with Crippen molar-refractivity contribution in [3.63, 3.8) is 0 Å². The van der Waals surface area contributed by atoms with Crippen LogP contribution in [0, 0.1) is 5.82 Å². The van der Waals surface area contributed by atoms with Crippen LogP contribution in [-0.2, 0) is 15.4 Å². The molecule has 0 aromatic heterocycles. The fraction of sp³-hybridized carbons (Fsp3) is 0.409. The van der Waals surface area contributed by atoms with E-state index in [4.69, 9.17) is 4.74 Å². The fourth-order valence-electron chi connectivity index (χ4n) is 4.09. The quantitative estimate of drug-likeness (QED) is 0.700. The van der Waals surface area contributed by atoms with Gasteiger partial charge in [0.05, 0.1) is 7.11 Å². The van der Waals surface area contributed by atoms with Crippen LogP contribution >= 0.6 is 0 Å². The number of rotatable bonds is 7. The van der Waals surface area contributed by atoms with Crippen molar-refractivity contribution in [2.75, 3.05) is 20.7 Å². The smallest absolute Gasteiger partial charge is 0.251 e. The van der Waals surface area contributed by atoms with Crippen molar-refractivity contribution < 1.29 is 22.3 Å². The first kappa shape index (κ1) is 22.2. The Kier molecular flexibility index (Phi) is 6.77. The van der Waals surface area contributed by atoms with Crippen LogP contribution < -0.4 is 14.8 Å². The van der Waals surface area contributed by atoms with Crippen LogP contribution in [-0.4, -0.2) is 35.0 Å². The average Bonchev–Trinajstić information content (AvgIpc) is 2.78. The van der Waals surface area contributed by atoms with Gasteiger partial charge in [-0.25, -0.2) is 17.5 Å². The molecule has 0 radical (unpaired) electrons. The normalized spacial score (nSPS) is 16.1. The SMILES string of the molecule is CNS(=O)(=O)c1cc(C(=O)NCC2(c3ccc(F)cc3)CCCCC2)ccc1OC. The van der Waals surface area contributed by atoms with Crippen LogP contribution in [0.3, 0.4) is 0 Å². The molecule has 2 aromatic rings. The average molecular weight is 435 g/mol. The molecule has 2 N–H and O–H groups in total. The Morgan fingerprint density at radius 3 is 2.37 bits per heavy atom. The molecule has 1 amide bonds. The predicted molar refractivity (Wildman–Crippen MR) is 113 cm³/mol. The molecule has 1 aliphatic carbocycles. The van der Waals surface area contributed by atoms with Gasteiger partial charge in [0.25, 0.3) is 5.91 Å². The first-order valence-electron chi connectivity index (χ1n) is 9.97. The van der Waals surface area contributed by atoms with Crippen molar-refractivity contribution in [1.82, 2.24) is 10.0 Å². The van der Waals surface area contributed by atoms with E-state index in [1.807, 2.05) is 0 Å². The highest BCUT2D eigenvalue weighted by Crippen LogP contribution is 2.39. The van der Waals surface area contributed by atoms with Gasteiger partial charge in [-0.15, -0.1) is 0 Å². The van der Waals surface area contributed by atoms with Crippen LogP contribution in [0.1, 0.15) is 48.0 Å². The van der Waals surface area contributed by atoms with Crippen molar-refractivity contribution in [3.8, 4) is 5.75 Å². The molecule has 0 aliphatic heterocycles. The van der Waals surface area contributed by atoms with Crippen LogP contribution in [0.15, 0.2) is 47.4 Å². The number of carbonyl (C=O) groups is 1. The molecular weight excluding hydrogens is 407 g/mol. The number of halogens is 1. The Hall–Kier alpha value is -2.45. The molecule has 162 valence electrons. The molecule has 30 heavy (non-hydrogen) atoms. The van der Waals surface area contributed by atoms with Crippen molar-refractivity contribution in [2.24, 2.45) is 0 Å². The van der Waals surface area contributed by atoms with Crippen LogP contribution in [0.2, 0.25) is 0 Å². The molecule has 0 atom stereocenters. The summed E-state index contributed by atoms with van der Waals surface area (Å²) in [4.78, 5) is 12.8. The maximum Gasteiger partial charge on any atom is 0.251 e. The molecule has 0 saturated heterocycles. The van der Waals surface area contributed by atoms with E-state index in [1.165, 1.54) is 44.5 Å². The van der Waals surface area contributed by atoms with Gasteiger partial charge >= 0.3 is 0 Å². The standard InChI is InChI=1S/C22H27FN2O4S/c1-24-30(27,28)20-14-16(6-11-19(20)29-2)21(26)25-15-22(12-4-3-5-13-22)17-7-9-18(23)10-8-17/h6-11,14,24H,3-5,12-13,15H2,1-2H3,(H,25,26). The molecule has 1 aliphatic rings. The van der Waals surface area contributed by atoms with Crippen LogP contribution in [0.4, 0.5) is 4.39 Å². The minimum absolute atomic E-state index is 0.0916. The molecule has 6 nitrogen and oxygen atoms in total. The third kappa shape index (κ3) is 4.65. The second-order valence-electron chi connectivity index (χ2n) is 7.60. The molecule has 0 unspecified atom stereocenters. The van der Waals surface area contributed by atoms with Crippen molar-refractivity contribution in [2.45, 2.75) is 42.4 Å². The number of sulfonamides is 1. The summed E-state index contributed by atoms with van der Waals surface area (Å²) in [5.41, 5.74) is 0.986. The van der Waals surface area contributed by atoms with Crippen molar-refractivity contribution in [1.29, 1.82) is 0 Å². The Balaban J connectivity index is 1.84. The van der Waals surface area contributed by atoms with Gasteiger partial charge in [0.2, 0.25) is 10.0 Å². The van der Waals surface area contributed by atoms with Gasteiger partial charge in [-0.1, -0.05) is 31.4 Å². The van der Waals surface area contributed by atoms with E-state index in [0.717, 1.165) is 37.7 Å². The lowest BCUT2D eigenvalue weighted by atomic mass is 9.69. The van der Waals surface area contributed by atoms with E-state index in [2.05, 4.69) is 10.0 Å². The zero-order valence-electron chi connectivity index (χ0n) is 17.2. The van der Waals surface area contributed by atoms with Gasteiger partial charge in [0.15, 0.2) is 0 Å². The summed E-state index contributed by atoms with van der Waals surface area (Å²) in [6.45, 7) is 0.400. The lowest BCUT2D eigenvalue weighted by Crippen LogP contribution is -2.42. The molecular formula is C22H27FN2O4S. The molecule has 2 aromatic carbocycles. The first-order chi connectivity index (χ1) is 14.3. The highest BCUT2D eigenvalue weighted by molar-refractivity contribution is 7.89. The number of carbonyl (C=O) groups excluding carboxylic acids is 1. The van der Waals surface area contributed by atoms with Gasteiger partial charge in [-0.2, -0.15) is 0 Å². The summed E-state index contributed by atoms with van der Waals surface area (Å²) in [6.07, 6.45) is 5.03. The lowest BCUT2D eigenvalue weighted by Gasteiger charge is -2.38. The zero-order valence-corrected chi connectivity index (χ0v) is 18.0. The third-order valence-electron chi connectivity index (χ3n) is 5.84. The third-order valence-corrected chi connectivity index (χ3v) is 7.27. The summed E-state index contributed by atoms with van der Waals surface area (Å²) in [5, 5.41) is 2.97. The molecule has 8 heteroatoms. The highest BCUT2D eigenvalue weighted by Gasteiger charge is 2.34. The minimum Gasteiger partial charge on any atom is -0.495 e. The van der Waals surface area contributed by atoms with E-state index in [1.54, 1.807) is 12.1 Å². The molecule has 0 spiro atoms. The highest BCUT2D eigenvalue weighted by atomic mass is 32.2. The topological polar surface area (TPSA) is 84.5 Å². The number of hydrogen-bond acceptors (Lipinski definition) is 4. The Bertz CT molecular complexity index is 1000. The van der Waals surface area contributed by atoms with E-state index in [0.29, 0.717) is 6.54 Å². The predicted octanol–water partition coefficient (Wildman–Crippen LogP) is 3.37. The van der Waals surface area contributed by atoms with Crippen LogP contribution in [0.25, 0.3) is 0 Å². The van der Waals surface area contributed by atoms with E-state index in [9.17, 15) is 17.6 Å². The summed E-state index contributed by atoms with van der Waals surface area (Å²) >= 11 is 0. The Labute approximate surface area is 176 Å². The van der Waals surface area contributed by atoms with Crippen molar-refractivity contribution in [3.05, 3.63) is 59.4 Å². The van der Waals surface area contributed by atoms with Gasteiger partial charge in [-0.05, 0) is 55.8 Å². The first-order valence-corrected chi connectivity index (χ1v) is 11.5. The summed E-state index contributed by atoms with van der Waals surface area (Å²) in [6, 6.07) is 10.8. The van der Waals surface area contributed by atoms with Gasteiger partial charge in [0, 0.05) is 17.5 Å². The second kappa shape index (κ2) is 9.14. The fourth-order valence-corrected chi connectivity index (χ4v) is 5.01. The summed E-state index contributed by atoms with van der Waals surface area (Å²) < 4.78 is 45.3. The zero-order chi connectivity index (χ0) is 21.8. The number of ether oxygens (including phenoxy) is 1. The largest absolute Gasteiger partial charge is 0.495 e. The summed E-state index contributed by atoms with van der Waals surface area (Å²) in [5.74, 6) is -0.488. The summed E-state index contributed by atoms with van der Waals surface area (Å²) in [7, 11) is -1.11. The Morgan fingerprint density at radius 2 is 1.77 bits per heavy atom. The Morgan fingerprint density at radius 1 is 1.10 bits per heavy atom. The number of methoxy groups -OCH3 is 1. The molecule has 1 saturated carbocycles. The number of nitrogens with one attached hydrogen (secondary N) is 2. The maximum atomic E-state index is 13.4.